The monoisotopic (exact) mass is 210 g/mol. The molecule has 1 rings (SSSR count). The second kappa shape index (κ2) is 5.14. The molecule has 0 atom stereocenters. The van der Waals surface area contributed by atoms with E-state index in [9.17, 15) is 9.59 Å². The molecule has 0 fully saturated rings. The van der Waals surface area contributed by atoms with Crippen molar-refractivity contribution in [3.05, 3.63) is 22.6 Å². The fourth-order valence-corrected chi connectivity index (χ4v) is 1.13. The number of nitrogens with zero attached hydrogens (tertiary/aromatic N) is 2. The topological polar surface area (TPSA) is 92.1 Å². The van der Waals surface area contributed by atoms with E-state index in [1.54, 1.807) is 0 Å². The summed E-state index contributed by atoms with van der Waals surface area (Å²) in [6.45, 7) is 2.46. The fraction of sp³-hybridized carbons (Fsp3) is 0.444. The molecule has 1 heterocycles. The number of nitrogens with one attached hydrogen (secondary N) is 1. The standard InChI is InChI=1S/C9H14N4O2/c1-2-3-6-13(8(10)15)9-11-5-4-7(14)12-9/h4-5H,2-3,6H2,1H3,(H2,10,15)(H,11,12,14). The Balaban J connectivity index is 2.88. The minimum Gasteiger partial charge on any atom is -0.351 e. The first-order valence-electron chi connectivity index (χ1n) is 4.77. The average molecular weight is 210 g/mol. The van der Waals surface area contributed by atoms with Gasteiger partial charge in [-0.3, -0.25) is 14.7 Å². The smallest absolute Gasteiger partial charge is 0.321 e. The number of carbonyl (C=O) groups excluding carboxylic acids is 1. The molecule has 2 amide bonds. The highest BCUT2D eigenvalue weighted by atomic mass is 16.2. The summed E-state index contributed by atoms with van der Waals surface area (Å²) >= 11 is 0. The Morgan fingerprint density at radius 1 is 1.67 bits per heavy atom. The third kappa shape index (κ3) is 3.08. The molecule has 0 aliphatic carbocycles. The zero-order valence-electron chi connectivity index (χ0n) is 8.56. The van der Waals surface area contributed by atoms with Gasteiger partial charge in [-0.2, -0.15) is 0 Å². The molecule has 0 bridgehead atoms. The van der Waals surface area contributed by atoms with Gasteiger partial charge in [-0.15, -0.1) is 0 Å². The van der Waals surface area contributed by atoms with Crippen LogP contribution in [0.5, 0.6) is 0 Å². The second-order valence-corrected chi connectivity index (χ2v) is 3.10. The number of aromatic amines is 1. The molecule has 0 aromatic carbocycles. The first kappa shape index (κ1) is 11.2. The molecule has 0 aliphatic rings. The molecule has 0 saturated carbocycles. The molecular weight excluding hydrogens is 196 g/mol. The van der Waals surface area contributed by atoms with Crippen molar-refractivity contribution in [2.45, 2.75) is 19.8 Å². The highest BCUT2D eigenvalue weighted by molar-refractivity contribution is 5.88. The Kier molecular flexibility index (Phi) is 3.84. The molecular formula is C9H14N4O2. The summed E-state index contributed by atoms with van der Waals surface area (Å²) in [5, 5.41) is 0. The van der Waals surface area contributed by atoms with Crippen LogP contribution in [0.1, 0.15) is 19.8 Å². The maximum absolute atomic E-state index is 11.1. The number of anilines is 1. The van der Waals surface area contributed by atoms with Crippen molar-refractivity contribution < 1.29 is 4.79 Å². The molecule has 0 spiro atoms. The van der Waals surface area contributed by atoms with Crippen molar-refractivity contribution in [1.29, 1.82) is 0 Å². The Labute approximate surface area is 87.1 Å². The lowest BCUT2D eigenvalue weighted by atomic mass is 10.3. The van der Waals surface area contributed by atoms with Gasteiger partial charge in [0.2, 0.25) is 5.95 Å². The molecule has 0 aliphatic heterocycles. The minimum atomic E-state index is -0.613. The molecule has 6 nitrogen and oxygen atoms in total. The van der Waals surface area contributed by atoms with Crippen molar-refractivity contribution in [3.63, 3.8) is 0 Å². The van der Waals surface area contributed by atoms with Gasteiger partial charge in [0.15, 0.2) is 0 Å². The van der Waals surface area contributed by atoms with Gasteiger partial charge in [0, 0.05) is 18.8 Å². The van der Waals surface area contributed by atoms with E-state index in [-0.39, 0.29) is 11.5 Å². The second-order valence-electron chi connectivity index (χ2n) is 3.10. The Morgan fingerprint density at radius 2 is 2.40 bits per heavy atom. The molecule has 0 radical (unpaired) electrons. The van der Waals surface area contributed by atoms with Crippen LogP contribution in [0.15, 0.2) is 17.1 Å². The number of aromatic nitrogens is 2. The molecule has 0 unspecified atom stereocenters. The van der Waals surface area contributed by atoms with Crippen LogP contribution in [0.4, 0.5) is 10.7 Å². The summed E-state index contributed by atoms with van der Waals surface area (Å²) in [7, 11) is 0. The number of urea groups is 1. The highest BCUT2D eigenvalue weighted by Crippen LogP contribution is 2.04. The van der Waals surface area contributed by atoms with Crippen LogP contribution >= 0.6 is 0 Å². The lowest BCUT2D eigenvalue weighted by Crippen LogP contribution is -2.38. The molecule has 15 heavy (non-hydrogen) atoms. The molecule has 82 valence electrons. The number of carbonyl (C=O) groups is 1. The van der Waals surface area contributed by atoms with Crippen molar-refractivity contribution in [1.82, 2.24) is 9.97 Å². The Hall–Kier alpha value is -1.85. The summed E-state index contributed by atoms with van der Waals surface area (Å²) in [5.74, 6) is 0.198. The van der Waals surface area contributed by atoms with E-state index >= 15 is 0 Å². The zero-order valence-corrected chi connectivity index (χ0v) is 8.56. The summed E-state index contributed by atoms with van der Waals surface area (Å²) in [6, 6.07) is 0.667. The minimum absolute atomic E-state index is 0.198. The largest absolute Gasteiger partial charge is 0.351 e. The Morgan fingerprint density at radius 3 is 2.93 bits per heavy atom. The number of rotatable bonds is 4. The van der Waals surface area contributed by atoms with Crippen molar-refractivity contribution >= 4 is 12.0 Å². The number of hydrogen-bond donors (Lipinski definition) is 2. The number of primary amides is 1. The van der Waals surface area contributed by atoms with Crippen LogP contribution in [0.3, 0.4) is 0 Å². The van der Waals surface area contributed by atoms with Crippen molar-refractivity contribution in [3.8, 4) is 0 Å². The molecule has 0 saturated heterocycles. The molecule has 1 aromatic rings. The predicted octanol–water partition coefficient (Wildman–Crippen LogP) is 0.455. The number of amides is 2. The molecule has 1 aromatic heterocycles. The lowest BCUT2D eigenvalue weighted by Gasteiger charge is -2.17. The number of unbranched alkanes of at least 4 members (excludes halogenated alkanes) is 1. The van der Waals surface area contributed by atoms with Gasteiger partial charge in [0.25, 0.3) is 5.56 Å². The van der Waals surface area contributed by atoms with Gasteiger partial charge in [-0.1, -0.05) is 13.3 Å². The first-order chi connectivity index (χ1) is 7.15. The van der Waals surface area contributed by atoms with Gasteiger partial charge < -0.3 is 5.73 Å². The number of hydrogen-bond acceptors (Lipinski definition) is 3. The number of nitrogens with two attached hydrogens (primary N) is 1. The van der Waals surface area contributed by atoms with E-state index in [1.807, 2.05) is 6.92 Å². The van der Waals surface area contributed by atoms with Gasteiger partial charge >= 0.3 is 6.03 Å². The zero-order chi connectivity index (χ0) is 11.3. The van der Waals surface area contributed by atoms with Gasteiger partial charge in [0.1, 0.15) is 0 Å². The lowest BCUT2D eigenvalue weighted by molar-refractivity contribution is 0.253. The van der Waals surface area contributed by atoms with E-state index in [2.05, 4.69) is 9.97 Å². The number of H-pyrrole nitrogens is 1. The van der Waals surface area contributed by atoms with E-state index in [4.69, 9.17) is 5.73 Å². The highest BCUT2D eigenvalue weighted by Gasteiger charge is 2.13. The summed E-state index contributed by atoms with van der Waals surface area (Å²) in [5.41, 5.74) is 4.88. The van der Waals surface area contributed by atoms with Crippen molar-refractivity contribution in [2.24, 2.45) is 5.73 Å². The van der Waals surface area contributed by atoms with Crippen LogP contribution < -0.4 is 16.2 Å². The third-order valence-electron chi connectivity index (χ3n) is 1.91. The van der Waals surface area contributed by atoms with E-state index < -0.39 is 6.03 Å². The van der Waals surface area contributed by atoms with Crippen LogP contribution in [0.25, 0.3) is 0 Å². The van der Waals surface area contributed by atoms with E-state index in [0.717, 1.165) is 12.8 Å². The van der Waals surface area contributed by atoms with E-state index in [0.29, 0.717) is 6.54 Å². The van der Waals surface area contributed by atoms with Crippen molar-refractivity contribution in [2.75, 3.05) is 11.4 Å². The summed E-state index contributed by atoms with van der Waals surface area (Å²) in [6.07, 6.45) is 3.08. The van der Waals surface area contributed by atoms with Gasteiger partial charge in [0.05, 0.1) is 0 Å². The van der Waals surface area contributed by atoms with E-state index in [1.165, 1.54) is 17.2 Å². The Bertz CT molecular complexity index is 388. The van der Waals surface area contributed by atoms with Crippen LogP contribution in [0.2, 0.25) is 0 Å². The fourth-order valence-electron chi connectivity index (χ4n) is 1.13. The van der Waals surface area contributed by atoms with Gasteiger partial charge in [-0.05, 0) is 6.42 Å². The third-order valence-corrected chi connectivity index (χ3v) is 1.91. The van der Waals surface area contributed by atoms with Crippen LogP contribution in [0, 0.1) is 0 Å². The molecule has 6 heteroatoms. The predicted molar refractivity (Wildman–Crippen MR) is 56.7 cm³/mol. The van der Waals surface area contributed by atoms with Gasteiger partial charge in [-0.25, -0.2) is 9.78 Å². The summed E-state index contributed by atoms with van der Waals surface area (Å²) < 4.78 is 0. The normalized spacial score (nSPS) is 9.93. The summed E-state index contributed by atoms with van der Waals surface area (Å²) in [4.78, 5) is 29.7. The SMILES string of the molecule is CCCCN(C(N)=O)c1nccc(=O)[nH]1. The maximum Gasteiger partial charge on any atom is 0.321 e. The average Bonchev–Trinajstić information content (AvgIpc) is 2.18. The quantitative estimate of drug-likeness (QED) is 0.755. The first-order valence-corrected chi connectivity index (χ1v) is 4.77. The van der Waals surface area contributed by atoms with Crippen LogP contribution in [-0.2, 0) is 0 Å². The molecule has 3 N–H and O–H groups in total. The van der Waals surface area contributed by atoms with Crippen LogP contribution in [-0.4, -0.2) is 22.5 Å². The maximum atomic E-state index is 11.1.